The van der Waals surface area contributed by atoms with Crippen molar-refractivity contribution in [3.05, 3.63) is 113 Å². The highest BCUT2D eigenvalue weighted by Crippen LogP contribution is 2.17. The van der Waals surface area contributed by atoms with E-state index in [-0.39, 0.29) is 23.2 Å². The zero-order chi connectivity index (χ0) is 21.6. The molecule has 31 heavy (non-hydrogen) atoms. The number of H-pyrrole nitrogens is 1. The normalized spacial score (nSPS) is 11.6. The van der Waals surface area contributed by atoms with Gasteiger partial charge < -0.3 is 9.67 Å². The van der Waals surface area contributed by atoms with E-state index in [2.05, 4.69) is 27.3 Å². The number of aliphatic hydroxyl groups excluding tert-OH is 1. The molecule has 0 radical (unpaired) electrons. The maximum atomic E-state index is 13.3. The Balaban J connectivity index is 1.60. The maximum absolute atomic E-state index is 13.3. The van der Waals surface area contributed by atoms with Crippen LogP contribution in [0.5, 0.6) is 0 Å². The molecule has 0 amide bonds. The number of hydrogen-bond donors (Lipinski definition) is 2. The predicted octanol–water partition coefficient (Wildman–Crippen LogP) is 4.36. The smallest absolute Gasteiger partial charge is 0.215 e. The summed E-state index contributed by atoms with van der Waals surface area (Å²) in [5, 5.41) is 16.4. The Kier molecular flexibility index (Phi) is 6.03. The Morgan fingerprint density at radius 2 is 1.77 bits per heavy atom. The third kappa shape index (κ3) is 5.14. The maximum Gasteiger partial charge on any atom is 0.215 e. The van der Waals surface area contributed by atoms with Gasteiger partial charge >= 0.3 is 0 Å². The SMILES string of the molecule is O=C(C=C(O)c1nc[nH]n1)c1cc(CCc2ccccc2)cn1Cc1ccc(F)cc1. The molecular formula is C24H21FN4O2. The number of rotatable bonds is 8. The average Bonchev–Trinajstić information content (AvgIpc) is 3.45. The minimum Gasteiger partial charge on any atom is -0.504 e. The number of allylic oxidation sites excluding steroid dienone is 1. The molecule has 0 atom stereocenters. The summed E-state index contributed by atoms with van der Waals surface area (Å²) >= 11 is 0. The summed E-state index contributed by atoms with van der Waals surface area (Å²) in [5.41, 5.74) is 3.50. The van der Waals surface area contributed by atoms with Gasteiger partial charge in [0.05, 0.1) is 5.69 Å². The van der Waals surface area contributed by atoms with Gasteiger partial charge in [0.2, 0.25) is 11.6 Å². The number of aromatic nitrogens is 4. The Labute approximate surface area is 178 Å². The Bertz CT molecular complexity index is 1180. The number of halogens is 1. The molecule has 0 unspecified atom stereocenters. The molecule has 2 heterocycles. The highest BCUT2D eigenvalue weighted by molar-refractivity contribution is 6.06. The molecule has 0 spiro atoms. The van der Waals surface area contributed by atoms with E-state index in [1.165, 1.54) is 24.0 Å². The second-order valence-corrected chi connectivity index (χ2v) is 7.19. The summed E-state index contributed by atoms with van der Waals surface area (Å²) in [7, 11) is 0. The molecule has 6 nitrogen and oxygen atoms in total. The topological polar surface area (TPSA) is 83.8 Å². The van der Waals surface area contributed by atoms with E-state index in [9.17, 15) is 14.3 Å². The number of hydrogen-bond acceptors (Lipinski definition) is 4. The Morgan fingerprint density at radius 3 is 2.48 bits per heavy atom. The van der Waals surface area contributed by atoms with Crippen molar-refractivity contribution in [1.29, 1.82) is 0 Å². The molecule has 7 heteroatoms. The number of ketones is 1. The fourth-order valence-corrected chi connectivity index (χ4v) is 3.36. The summed E-state index contributed by atoms with van der Waals surface area (Å²) in [6.45, 7) is 0.405. The second-order valence-electron chi connectivity index (χ2n) is 7.19. The van der Waals surface area contributed by atoms with E-state index in [4.69, 9.17) is 0 Å². The van der Waals surface area contributed by atoms with Crippen molar-refractivity contribution in [3.8, 4) is 0 Å². The van der Waals surface area contributed by atoms with Crippen molar-refractivity contribution >= 4 is 11.5 Å². The van der Waals surface area contributed by atoms with Crippen LogP contribution >= 0.6 is 0 Å². The van der Waals surface area contributed by atoms with Crippen molar-refractivity contribution in [3.63, 3.8) is 0 Å². The summed E-state index contributed by atoms with van der Waals surface area (Å²) in [4.78, 5) is 16.8. The number of aromatic amines is 1. The number of carbonyl (C=O) groups excluding carboxylic acids is 1. The first kappa shape index (κ1) is 20.3. The van der Waals surface area contributed by atoms with E-state index < -0.39 is 0 Å². The molecular weight excluding hydrogens is 395 g/mol. The molecule has 0 aliphatic carbocycles. The number of carbonyl (C=O) groups is 1. The molecule has 0 aliphatic rings. The van der Waals surface area contributed by atoms with Gasteiger partial charge in [0.15, 0.2) is 5.76 Å². The van der Waals surface area contributed by atoms with Crippen LogP contribution < -0.4 is 0 Å². The molecule has 4 rings (SSSR count). The van der Waals surface area contributed by atoms with Gasteiger partial charge in [-0.25, -0.2) is 9.37 Å². The Morgan fingerprint density at radius 1 is 1.03 bits per heavy atom. The third-order valence-electron chi connectivity index (χ3n) is 4.93. The van der Waals surface area contributed by atoms with Gasteiger partial charge in [-0.05, 0) is 47.7 Å². The fourth-order valence-electron chi connectivity index (χ4n) is 3.36. The minimum absolute atomic E-state index is 0.0503. The molecule has 2 N–H and O–H groups in total. The van der Waals surface area contributed by atoms with Crippen LogP contribution in [-0.2, 0) is 19.4 Å². The van der Waals surface area contributed by atoms with Crippen molar-refractivity contribution in [1.82, 2.24) is 19.7 Å². The van der Waals surface area contributed by atoms with E-state index in [0.29, 0.717) is 12.2 Å². The zero-order valence-corrected chi connectivity index (χ0v) is 16.7. The largest absolute Gasteiger partial charge is 0.504 e. The molecule has 2 aromatic carbocycles. The van der Waals surface area contributed by atoms with Crippen LogP contribution in [0.3, 0.4) is 0 Å². The van der Waals surface area contributed by atoms with E-state index in [0.717, 1.165) is 30.0 Å². The molecule has 4 aromatic rings. The molecule has 2 aromatic heterocycles. The van der Waals surface area contributed by atoms with Gasteiger partial charge in [0.25, 0.3) is 0 Å². The monoisotopic (exact) mass is 416 g/mol. The van der Waals surface area contributed by atoms with Gasteiger partial charge in [0, 0.05) is 18.8 Å². The third-order valence-corrected chi connectivity index (χ3v) is 4.93. The van der Waals surface area contributed by atoms with Crippen molar-refractivity contribution in [2.45, 2.75) is 19.4 Å². The van der Waals surface area contributed by atoms with E-state index in [1.54, 1.807) is 12.1 Å². The average molecular weight is 416 g/mol. The Hall–Kier alpha value is -4.00. The molecule has 0 saturated heterocycles. The van der Waals surface area contributed by atoms with Crippen molar-refractivity contribution in [2.75, 3.05) is 0 Å². The van der Waals surface area contributed by atoms with Crippen LogP contribution in [-0.4, -0.2) is 30.6 Å². The lowest BCUT2D eigenvalue weighted by molar-refractivity contribution is 0.103. The molecule has 0 fully saturated rings. The van der Waals surface area contributed by atoms with Gasteiger partial charge in [-0.2, -0.15) is 5.10 Å². The first-order chi connectivity index (χ1) is 15.1. The van der Waals surface area contributed by atoms with Gasteiger partial charge in [-0.3, -0.25) is 9.89 Å². The number of nitrogens with zero attached hydrogens (tertiary/aromatic N) is 3. The van der Waals surface area contributed by atoms with E-state index >= 15 is 0 Å². The van der Waals surface area contributed by atoms with Crippen LogP contribution in [0.2, 0.25) is 0 Å². The highest BCUT2D eigenvalue weighted by Gasteiger charge is 2.15. The number of aryl methyl sites for hydroxylation is 2. The van der Waals surface area contributed by atoms with Crippen LogP contribution in [0.15, 0.2) is 79.3 Å². The lowest BCUT2D eigenvalue weighted by atomic mass is 10.1. The molecule has 0 saturated carbocycles. The summed E-state index contributed by atoms with van der Waals surface area (Å²) in [5.74, 6) is -0.938. The molecule has 0 bridgehead atoms. The number of aliphatic hydroxyl groups is 1. The van der Waals surface area contributed by atoms with Gasteiger partial charge in [-0.1, -0.05) is 42.5 Å². The summed E-state index contributed by atoms with van der Waals surface area (Å²) in [6, 6.07) is 18.1. The first-order valence-electron chi connectivity index (χ1n) is 9.87. The predicted molar refractivity (Wildman–Crippen MR) is 115 cm³/mol. The number of benzene rings is 2. The highest BCUT2D eigenvalue weighted by atomic mass is 19.1. The standard InChI is InChI=1S/C24H21FN4O2/c25-20-10-8-18(9-11-20)14-29-15-19(7-6-17-4-2-1-3-5-17)12-21(29)22(30)13-23(31)24-26-16-27-28-24/h1-5,8-13,15-16,31H,6-7,14H2,(H,26,27,28). The molecule has 156 valence electrons. The van der Waals surface area contributed by atoms with Crippen LogP contribution in [0.1, 0.15) is 33.0 Å². The van der Waals surface area contributed by atoms with E-state index in [1.807, 2.05) is 35.0 Å². The molecule has 0 aliphatic heterocycles. The fraction of sp³-hybridized carbons (Fsp3) is 0.125. The first-order valence-corrected chi connectivity index (χ1v) is 9.87. The zero-order valence-electron chi connectivity index (χ0n) is 16.7. The summed E-state index contributed by atoms with van der Waals surface area (Å²) in [6.07, 6.45) is 5.96. The van der Waals surface area contributed by atoms with Crippen molar-refractivity contribution in [2.24, 2.45) is 0 Å². The second kappa shape index (κ2) is 9.21. The lowest BCUT2D eigenvalue weighted by Gasteiger charge is -2.07. The minimum atomic E-state index is -0.365. The lowest BCUT2D eigenvalue weighted by Crippen LogP contribution is -2.08. The van der Waals surface area contributed by atoms with Crippen molar-refractivity contribution < 1.29 is 14.3 Å². The van der Waals surface area contributed by atoms with Crippen LogP contribution in [0.4, 0.5) is 4.39 Å². The van der Waals surface area contributed by atoms with Crippen LogP contribution in [0, 0.1) is 5.82 Å². The van der Waals surface area contributed by atoms with Gasteiger partial charge in [-0.15, -0.1) is 0 Å². The number of nitrogens with one attached hydrogen (secondary N) is 1. The van der Waals surface area contributed by atoms with Crippen LogP contribution in [0.25, 0.3) is 5.76 Å². The summed E-state index contributed by atoms with van der Waals surface area (Å²) < 4.78 is 15.1. The van der Waals surface area contributed by atoms with Gasteiger partial charge in [0.1, 0.15) is 12.1 Å². The quantitative estimate of drug-likeness (QED) is 0.254.